The molecule has 2 aromatic heterocycles. The summed E-state index contributed by atoms with van der Waals surface area (Å²) in [4.78, 5) is 39.3. The van der Waals surface area contributed by atoms with E-state index < -0.39 is 22.7 Å². The van der Waals surface area contributed by atoms with Crippen molar-refractivity contribution >= 4 is 17.2 Å². The molecule has 10 heteroatoms. The van der Waals surface area contributed by atoms with Gasteiger partial charge in [0.2, 0.25) is 0 Å². The highest BCUT2D eigenvalue weighted by Crippen LogP contribution is 2.19. The summed E-state index contributed by atoms with van der Waals surface area (Å²) in [7, 11) is 1.23. The minimum Gasteiger partial charge on any atom is -0.513 e. The zero-order chi connectivity index (χ0) is 18.3. The van der Waals surface area contributed by atoms with Crippen LogP contribution in [0.4, 0.5) is 4.39 Å². The van der Waals surface area contributed by atoms with Crippen molar-refractivity contribution in [1.29, 1.82) is 0 Å². The van der Waals surface area contributed by atoms with Crippen LogP contribution in [0.3, 0.4) is 0 Å². The number of halogens is 1. The molecule has 3 rings (SSSR count). The number of hydrogen-bond acceptors (Lipinski definition) is 7. The molecule has 3 aromatic rings. The Balaban J connectivity index is 2.33. The number of aromatic nitrogens is 4. The predicted octanol–water partition coefficient (Wildman–Crippen LogP) is 0.491. The highest BCUT2D eigenvalue weighted by molar-refractivity contribution is 5.75. The van der Waals surface area contributed by atoms with Crippen LogP contribution in [0, 0.1) is 5.82 Å². The molecule has 0 amide bonds. The van der Waals surface area contributed by atoms with E-state index in [1.165, 1.54) is 14.0 Å². The van der Waals surface area contributed by atoms with E-state index in [9.17, 15) is 23.9 Å². The Hall–Kier alpha value is -3.56. The minimum atomic E-state index is -0.896. The van der Waals surface area contributed by atoms with Gasteiger partial charge in [-0.2, -0.15) is 9.78 Å². The number of fused-ring (bicyclic) bond motifs is 1. The van der Waals surface area contributed by atoms with Crippen LogP contribution in [-0.2, 0) is 7.05 Å². The zero-order valence-corrected chi connectivity index (χ0v) is 13.1. The predicted molar refractivity (Wildman–Crippen MR) is 85.1 cm³/mol. The molecule has 1 aromatic carbocycles. The smallest absolute Gasteiger partial charge is 0.362 e. The minimum absolute atomic E-state index is 0.0612. The fraction of sp³-hybridized carbons (Fsp3) is 0.133. The van der Waals surface area contributed by atoms with Gasteiger partial charge in [0.15, 0.2) is 17.1 Å². The molecule has 0 saturated carbocycles. The standard InChI is InChI=1S/C15H11FN4O5/c1-7(21)3-10-14(23)25-12-4-8(16)11(5-9(12)18-10)20-15(24)19(2)13(22)6-17-20/h3-6,21H,1-2H3/b7-3+. The SMILES string of the molecule is C/C(O)=C\c1nc2cc(-n3ncc(=O)n(C)c3=O)c(F)cc2oc1=O. The summed E-state index contributed by atoms with van der Waals surface area (Å²) in [5.41, 5.74) is -2.89. The van der Waals surface area contributed by atoms with Crippen molar-refractivity contribution in [2.24, 2.45) is 7.05 Å². The number of benzene rings is 1. The van der Waals surface area contributed by atoms with E-state index in [-0.39, 0.29) is 28.2 Å². The molecule has 0 spiro atoms. The van der Waals surface area contributed by atoms with Crippen LogP contribution in [0.1, 0.15) is 12.6 Å². The van der Waals surface area contributed by atoms with Crippen LogP contribution in [-0.4, -0.2) is 24.4 Å². The number of aliphatic hydroxyl groups excluding tert-OH is 1. The van der Waals surface area contributed by atoms with E-state index in [2.05, 4.69) is 10.1 Å². The van der Waals surface area contributed by atoms with E-state index in [4.69, 9.17) is 4.42 Å². The number of nitrogens with zero attached hydrogens (tertiary/aromatic N) is 4. The molecule has 0 atom stereocenters. The lowest BCUT2D eigenvalue weighted by Crippen LogP contribution is -2.38. The third kappa shape index (κ3) is 2.84. The Morgan fingerprint density at radius 3 is 2.72 bits per heavy atom. The average molecular weight is 346 g/mol. The van der Waals surface area contributed by atoms with E-state index in [0.29, 0.717) is 4.68 Å². The second-order valence-electron chi connectivity index (χ2n) is 5.18. The summed E-state index contributed by atoms with van der Waals surface area (Å²) in [5, 5.41) is 12.9. The largest absolute Gasteiger partial charge is 0.513 e. The molecule has 0 bridgehead atoms. The van der Waals surface area contributed by atoms with Crippen LogP contribution >= 0.6 is 0 Å². The molecule has 1 N–H and O–H groups in total. The van der Waals surface area contributed by atoms with Gasteiger partial charge in [-0.15, -0.1) is 0 Å². The summed E-state index contributed by atoms with van der Waals surface area (Å²) in [6, 6.07) is 2.04. The first-order valence-corrected chi connectivity index (χ1v) is 6.95. The maximum atomic E-state index is 14.3. The van der Waals surface area contributed by atoms with Crippen molar-refractivity contribution in [2.75, 3.05) is 0 Å². The van der Waals surface area contributed by atoms with Crippen molar-refractivity contribution in [3.05, 3.63) is 66.9 Å². The molecule has 0 fully saturated rings. The Morgan fingerprint density at radius 1 is 1.32 bits per heavy atom. The fourth-order valence-corrected chi connectivity index (χ4v) is 2.13. The molecular weight excluding hydrogens is 335 g/mol. The molecule has 0 saturated heterocycles. The summed E-state index contributed by atoms with van der Waals surface area (Å²) in [5.74, 6) is -1.07. The van der Waals surface area contributed by atoms with Crippen molar-refractivity contribution in [2.45, 2.75) is 6.92 Å². The number of aliphatic hydroxyl groups is 1. The van der Waals surface area contributed by atoms with Crippen molar-refractivity contribution < 1.29 is 13.9 Å². The van der Waals surface area contributed by atoms with Crippen molar-refractivity contribution in [1.82, 2.24) is 19.3 Å². The highest BCUT2D eigenvalue weighted by atomic mass is 19.1. The number of rotatable bonds is 2. The van der Waals surface area contributed by atoms with Gasteiger partial charge in [-0.05, 0) is 13.0 Å². The van der Waals surface area contributed by atoms with Crippen LogP contribution in [0.15, 0.2) is 42.9 Å². The maximum absolute atomic E-state index is 14.3. The molecule has 9 nitrogen and oxygen atoms in total. The zero-order valence-electron chi connectivity index (χ0n) is 13.1. The topological polar surface area (TPSA) is 120 Å². The third-order valence-electron chi connectivity index (χ3n) is 3.34. The quantitative estimate of drug-likeness (QED) is 0.670. The molecule has 25 heavy (non-hydrogen) atoms. The molecule has 0 aliphatic heterocycles. The van der Waals surface area contributed by atoms with Gasteiger partial charge in [0, 0.05) is 19.2 Å². The first-order chi connectivity index (χ1) is 11.8. The Bertz CT molecular complexity index is 1200. The summed E-state index contributed by atoms with van der Waals surface area (Å²) in [6.07, 6.45) is 1.96. The van der Waals surface area contributed by atoms with E-state index in [0.717, 1.165) is 29.0 Å². The van der Waals surface area contributed by atoms with Crippen LogP contribution in [0.5, 0.6) is 0 Å². The van der Waals surface area contributed by atoms with Crippen molar-refractivity contribution in [3.63, 3.8) is 0 Å². The highest BCUT2D eigenvalue weighted by Gasteiger charge is 2.15. The number of hydrogen-bond donors (Lipinski definition) is 1. The molecule has 0 aliphatic rings. The van der Waals surface area contributed by atoms with Crippen LogP contribution in [0.25, 0.3) is 22.9 Å². The lowest BCUT2D eigenvalue weighted by molar-refractivity contribution is 0.419. The van der Waals surface area contributed by atoms with Crippen LogP contribution in [0.2, 0.25) is 0 Å². The molecule has 128 valence electrons. The van der Waals surface area contributed by atoms with Gasteiger partial charge in [-0.3, -0.25) is 9.36 Å². The molecule has 2 heterocycles. The Labute approximate surface area is 137 Å². The normalized spacial score (nSPS) is 11.9. The number of allylic oxidation sites excluding steroid dienone is 1. The maximum Gasteiger partial charge on any atom is 0.362 e. The van der Waals surface area contributed by atoms with Gasteiger partial charge in [-0.25, -0.2) is 19.0 Å². The lowest BCUT2D eigenvalue weighted by atomic mass is 10.2. The Morgan fingerprint density at radius 2 is 2.04 bits per heavy atom. The lowest BCUT2D eigenvalue weighted by Gasteiger charge is -2.07. The first-order valence-electron chi connectivity index (χ1n) is 6.95. The summed E-state index contributed by atoms with van der Waals surface area (Å²) < 4.78 is 20.7. The molecule has 0 unspecified atom stereocenters. The average Bonchev–Trinajstić information content (AvgIpc) is 2.53. The second-order valence-corrected chi connectivity index (χ2v) is 5.18. The van der Waals surface area contributed by atoms with E-state index in [1.807, 2.05) is 0 Å². The second kappa shape index (κ2) is 5.82. The van der Waals surface area contributed by atoms with Gasteiger partial charge in [-0.1, -0.05) is 0 Å². The third-order valence-corrected chi connectivity index (χ3v) is 3.34. The molecule has 0 radical (unpaired) electrons. The van der Waals surface area contributed by atoms with Gasteiger partial charge < -0.3 is 9.52 Å². The summed E-state index contributed by atoms with van der Waals surface area (Å²) >= 11 is 0. The Kier molecular flexibility index (Phi) is 3.79. The first kappa shape index (κ1) is 16.3. The van der Waals surface area contributed by atoms with Crippen LogP contribution < -0.4 is 16.9 Å². The van der Waals surface area contributed by atoms with Gasteiger partial charge in [0.1, 0.15) is 17.4 Å². The molecule has 0 aliphatic carbocycles. The monoisotopic (exact) mass is 346 g/mol. The molecular formula is C15H11FN4O5. The van der Waals surface area contributed by atoms with Gasteiger partial charge in [0.25, 0.3) is 5.56 Å². The van der Waals surface area contributed by atoms with Crippen molar-refractivity contribution in [3.8, 4) is 5.69 Å². The van der Waals surface area contributed by atoms with E-state index in [1.54, 1.807) is 0 Å². The van der Waals surface area contributed by atoms with Gasteiger partial charge in [0.05, 0.1) is 5.76 Å². The summed E-state index contributed by atoms with van der Waals surface area (Å²) in [6.45, 7) is 1.34. The fourth-order valence-electron chi connectivity index (χ4n) is 2.13. The van der Waals surface area contributed by atoms with E-state index >= 15 is 0 Å². The van der Waals surface area contributed by atoms with Gasteiger partial charge >= 0.3 is 11.3 Å².